The molecule has 9 nitrogen and oxygen atoms in total. The van der Waals surface area contributed by atoms with Gasteiger partial charge < -0.3 is 19.8 Å². The molecule has 11 heteroatoms. The third-order valence-electron chi connectivity index (χ3n) is 7.97. The number of nitrogens with zero attached hydrogens (tertiary/aromatic N) is 4. The minimum atomic E-state index is -0.421. The second-order valence-corrected chi connectivity index (χ2v) is 12.6. The van der Waals surface area contributed by atoms with Gasteiger partial charge in [-0.25, -0.2) is 4.79 Å². The van der Waals surface area contributed by atoms with Gasteiger partial charge in [0.15, 0.2) is 0 Å². The Hall–Kier alpha value is -4.02. The SMILES string of the molecule is C=C/C=C\C=C.CC.CCC(/C=C(\N)CSCc1nn2c(c1-c1c(Cl)ccc3c(CCCOC(C)=O)c(C(=O)OC)n(C)c13)CCCC2)=NC. The number of hydrogen-bond donors (Lipinski definition) is 1. The number of rotatable bonds is 14. The van der Waals surface area contributed by atoms with Crippen molar-refractivity contribution in [2.24, 2.45) is 17.8 Å². The standard InChI is InChI=1S/C31H40ClN5O4S.C6H8.C2H6/c1-6-21(34-3)16-20(33)17-42-18-25-28(26-11-7-8-14-37(26)35-25)27-24(32)13-12-23-22(10-9-15-41-19(2)38)30(31(39)40-5)36(4)29(23)27;1-3-5-6-4-2;1-2/h12-13,16H,6-11,14-15,17-18,33H2,1-5H3;3-6H,1-2H2;1-2H3/b20-16-,34-21?;6-5-;. The number of methoxy groups -OCH3 is 1. The van der Waals surface area contributed by atoms with Crippen LogP contribution in [0.2, 0.25) is 5.02 Å². The number of carbonyl (C=O) groups is 2. The van der Waals surface area contributed by atoms with E-state index in [1.165, 1.54) is 19.7 Å². The van der Waals surface area contributed by atoms with E-state index in [1.54, 1.807) is 31.0 Å². The van der Waals surface area contributed by atoms with E-state index in [0.717, 1.165) is 76.9 Å². The zero-order valence-corrected chi connectivity index (χ0v) is 32.4. The highest BCUT2D eigenvalue weighted by atomic mass is 35.5. The van der Waals surface area contributed by atoms with Gasteiger partial charge in [-0.1, -0.05) is 75.9 Å². The van der Waals surface area contributed by atoms with Crippen LogP contribution in [0.1, 0.15) is 80.8 Å². The van der Waals surface area contributed by atoms with Gasteiger partial charge in [0, 0.05) is 72.7 Å². The molecule has 3 aromatic rings. The second-order valence-electron chi connectivity index (χ2n) is 11.2. The van der Waals surface area contributed by atoms with Crippen molar-refractivity contribution in [1.82, 2.24) is 14.3 Å². The van der Waals surface area contributed by atoms with E-state index >= 15 is 0 Å². The summed E-state index contributed by atoms with van der Waals surface area (Å²) in [7, 11) is 5.04. The molecule has 0 unspecified atom stereocenters. The third-order valence-corrected chi connectivity index (χ3v) is 9.30. The van der Waals surface area contributed by atoms with Gasteiger partial charge in [-0.2, -0.15) is 5.10 Å². The molecule has 0 fully saturated rings. The second kappa shape index (κ2) is 21.9. The average molecular weight is 724 g/mol. The molecule has 2 N–H and O–H groups in total. The van der Waals surface area contributed by atoms with E-state index in [0.29, 0.717) is 35.1 Å². The molecule has 3 heterocycles. The number of ether oxygens (including phenoxy) is 2. The number of aryl methyl sites for hydroxylation is 3. The molecule has 0 aliphatic carbocycles. The highest BCUT2D eigenvalue weighted by Gasteiger charge is 2.29. The largest absolute Gasteiger partial charge is 0.466 e. The summed E-state index contributed by atoms with van der Waals surface area (Å²) in [4.78, 5) is 28.6. The number of hydrogen-bond acceptors (Lipinski definition) is 8. The zero-order chi connectivity index (χ0) is 37.2. The monoisotopic (exact) mass is 723 g/mol. The van der Waals surface area contributed by atoms with Crippen LogP contribution in [0.5, 0.6) is 0 Å². The van der Waals surface area contributed by atoms with Crippen LogP contribution in [0, 0.1) is 0 Å². The molecule has 0 spiro atoms. The van der Waals surface area contributed by atoms with Crippen molar-refractivity contribution in [3.8, 4) is 11.1 Å². The normalized spacial score (nSPS) is 12.8. The van der Waals surface area contributed by atoms with Crippen molar-refractivity contribution in [2.75, 3.05) is 26.5 Å². The molecule has 0 amide bonds. The molecule has 0 atom stereocenters. The Labute approximate surface area is 307 Å². The lowest BCUT2D eigenvalue weighted by molar-refractivity contribution is -0.141. The van der Waals surface area contributed by atoms with E-state index in [-0.39, 0.29) is 12.6 Å². The van der Waals surface area contributed by atoms with Crippen molar-refractivity contribution in [1.29, 1.82) is 0 Å². The van der Waals surface area contributed by atoms with Crippen molar-refractivity contribution < 1.29 is 19.1 Å². The number of aromatic nitrogens is 3. The quantitative estimate of drug-likeness (QED) is 0.0765. The molecule has 50 heavy (non-hydrogen) atoms. The average Bonchev–Trinajstić information content (AvgIpc) is 3.62. The highest BCUT2D eigenvalue weighted by molar-refractivity contribution is 7.98. The molecular weight excluding hydrogens is 670 g/mol. The highest BCUT2D eigenvalue weighted by Crippen LogP contribution is 2.43. The minimum absolute atomic E-state index is 0.270. The van der Waals surface area contributed by atoms with Gasteiger partial charge in [0.25, 0.3) is 0 Å². The molecule has 1 aliphatic heterocycles. The lowest BCUT2D eigenvalue weighted by Gasteiger charge is -2.16. The number of halogens is 1. The molecule has 0 saturated heterocycles. The van der Waals surface area contributed by atoms with Crippen LogP contribution in [0.3, 0.4) is 0 Å². The first kappa shape index (κ1) is 42.1. The van der Waals surface area contributed by atoms with Crippen LogP contribution in [0.4, 0.5) is 0 Å². The first-order valence-electron chi connectivity index (χ1n) is 17.1. The Bertz CT molecular complexity index is 1710. The number of thioether (sulfide) groups is 1. The lowest BCUT2D eigenvalue weighted by Crippen LogP contribution is -2.12. The molecule has 1 aromatic carbocycles. The Kier molecular flexibility index (Phi) is 18.5. The summed E-state index contributed by atoms with van der Waals surface area (Å²) in [6.07, 6.45) is 14.0. The van der Waals surface area contributed by atoms with Crippen LogP contribution < -0.4 is 5.73 Å². The van der Waals surface area contributed by atoms with Crippen LogP contribution in [-0.4, -0.2) is 58.5 Å². The number of carbonyl (C=O) groups excluding carboxylic acids is 2. The molecule has 0 saturated carbocycles. The fourth-order valence-electron chi connectivity index (χ4n) is 5.85. The zero-order valence-electron chi connectivity index (χ0n) is 30.8. The van der Waals surface area contributed by atoms with Gasteiger partial charge in [-0.15, -0.1) is 11.8 Å². The smallest absolute Gasteiger partial charge is 0.354 e. The summed E-state index contributed by atoms with van der Waals surface area (Å²) in [5, 5.41) is 6.58. The van der Waals surface area contributed by atoms with Crippen molar-refractivity contribution in [2.45, 2.75) is 78.5 Å². The minimum Gasteiger partial charge on any atom is -0.466 e. The summed E-state index contributed by atoms with van der Waals surface area (Å²) in [6.45, 7) is 15.5. The van der Waals surface area contributed by atoms with E-state index in [4.69, 9.17) is 31.9 Å². The van der Waals surface area contributed by atoms with Crippen LogP contribution in [-0.2, 0) is 46.5 Å². The van der Waals surface area contributed by atoms with Gasteiger partial charge in [-0.3, -0.25) is 14.5 Å². The molecule has 0 bridgehead atoms. The molecule has 2 aromatic heterocycles. The van der Waals surface area contributed by atoms with Crippen molar-refractivity contribution in [3.63, 3.8) is 0 Å². The van der Waals surface area contributed by atoms with E-state index in [2.05, 4.69) is 29.8 Å². The number of nitrogens with two attached hydrogens (primary N) is 1. The number of allylic oxidation sites excluding steroid dienone is 5. The summed E-state index contributed by atoms with van der Waals surface area (Å²) in [5.74, 6) is 0.565. The molecule has 272 valence electrons. The Balaban J connectivity index is 0.000000979. The molecular formula is C39H54ClN5O4S. The Morgan fingerprint density at radius 3 is 2.46 bits per heavy atom. The first-order valence-corrected chi connectivity index (χ1v) is 18.7. The molecule has 1 aliphatic rings. The van der Waals surface area contributed by atoms with Crippen LogP contribution in [0.15, 0.2) is 66.4 Å². The van der Waals surface area contributed by atoms with Gasteiger partial charge >= 0.3 is 11.9 Å². The Morgan fingerprint density at radius 2 is 1.86 bits per heavy atom. The van der Waals surface area contributed by atoms with E-state index in [9.17, 15) is 9.59 Å². The van der Waals surface area contributed by atoms with Crippen LogP contribution >= 0.6 is 23.4 Å². The predicted molar refractivity (Wildman–Crippen MR) is 211 cm³/mol. The van der Waals surface area contributed by atoms with Crippen LogP contribution in [0.25, 0.3) is 22.0 Å². The third kappa shape index (κ3) is 11.0. The van der Waals surface area contributed by atoms with Gasteiger partial charge in [0.1, 0.15) is 5.69 Å². The maximum Gasteiger partial charge on any atom is 0.354 e. The maximum absolute atomic E-state index is 13.1. The lowest BCUT2D eigenvalue weighted by atomic mass is 9.95. The summed E-state index contributed by atoms with van der Waals surface area (Å²) in [6, 6.07) is 3.86. The van der Waals surface area contributed by atoms with Gasteiger partial charge in [0.05, 0.1) is 29.9 Å². The van der Waals surface area contributed by atoms with Gasteiger partial charge in [0.2, 0.25) is 0 Å². The van der Waals surface area contributed by atoms with E-state index in [1.807, 2.05) is 55.8 Å². The first-order chi connectivity index (χ1) is 24.1. The maximum atomic E-state index is 13.1. The number of esters is 2. The van der Waals surface area contributed by atoms with E-state index < -0.39 is 5.97 Å². The van der Waals surface area contributed by atoms with Crippen molar-refractivity contribution >= 4 is 51.9 Å². The van der Waals surface area contributed by atoms with Gasteiger partial charge in [-0.05, 0) is 56.2 Å². The topological polar surface area (TPSA) is 114 Å². The Morgan fingerprint density at radius 1 is 1.16 bits per heavy atom. The predicted octanol–water partition coefficient (Wildman–Crippen LogP) is 8.81. The fraction of sp³-hybridized carbons (Fsp3) is 0.436. The summed E-state index contributed by atoms with van der Waals surface area (Å²) < 4.78 is 14.4. The van der Waals surface area contributed by atoms with Crippen molar-refractivity contribution in [3.05, 3.63) is 89.0 Å². The number of aliphatic imine (C=N–C) groups is 1. The number of fused-ring (bicyclic) bond motifs is 2. The molecule has 0 radical (unpaired) electrons. The number of benzene rings is 1. The fourth-order valence-corrected chi connectivity index (χ4v) is 6.91. The summed E-state index contributed by atoms with van der Waals surface area (Å²) in [5.41, 5.74) is 14.3. The molecule has 4 rings (SSSR count). The summed E-state index contributed by atoms with van der Waals surface area (Å²) >= 11 is 8.73.